The molecule has 4 heteroatoms. The Bertz CT molecular complexity index is 299. The third-order valence-corrected chi connectivity index (χ3v) is 1.71. The summed E-state index contributed by atoms with van der Waals surface area (Å²) in [5.74, 6) is 0.783. The lowest BCUT2D eigenvalue weighted by molar-refractivity contribution is 0.977. The van der Waals surface area contributed by atoms with Gasteiger partial charge in [-0.3, -0.25) is 0 Å². The Hall–Kier alpha value is -1.16. The zero-order chi connectivity index (χ0) is 9.68. The van der Waals surface area contributed by atoms with E-state index in [-0.39, 0.29) is 0 Å². The summed E-state index contributed by atoms with van der Waals surface area (Å²) in [6, 6.07) is 5.78. The number of aromatic nitrogens is 1. The number of nitrogens with zero attached hydrogens (tertiary/aromatic N) is 1. The van der Waals surface area contributed by atoms with Gasteiger partial charge in [0.2, 0.25) is 0 Å². The molecule has 3 nitrogen and oxygen atoms in total. The molecule has 0 radical (unpaired) electrons. The second-order valence-electron chi connectivity index (χ2n) is 2.65. The first kappa shape index (κ1) is 9.92. The van der Waals surface area contributed by atoms with Crippen molar-refractivity contribution >= 4 is 23.1 Å². The van der Waals surface area contributed by atoms with Gasteiger partial charge in [-0.05, 0) is 38.2 Å². The third kappa shape index (κ3) is 3.38. The van der Waals surface area contributed by atoms with Crippen LogP contribution in [0.4, 0.5) is 5.82 Å². The minimum absolute atomic E-state index is 0.612. The van der Waals surface area contributed by atoms with Gasteiger partial charge >= 0.3 is 0 Å². The van der Waals surface area contributed by atoms with Crippen LogP contribution in [-0.2, 0) is 0 Å². The van der Waals surface area contributed by atoms with Gasteiger partial charge in [-0.15, -0.1) is 0 Å². The van der Waals surface area contributed by atoms with E-state index in [1.165, 1.54) is 0 Å². The lowest BCUT2D eigenvalue weighted by atomic mass is 10.4. The highest BCUT2D eigenvalue weighted by Gasteiger charge is 1.96. The lowest BCUT2D eigenvalue weighted by Gasteiger charge is -2.07. The second-order valence-corrected chi connectivity index (χ2v) is 3.06. The summed E-state index contributed by atoms with van der Waals surface area (Å²) in [7, 11) is 0. The van der Waals surface area contributed by atoms with Crippen molar-refractivity contribution in [1.29, 1.82) is 0 Å². The predicted molar refractivity (Wildman–Crippen MR) is 58.9 cm³/mol. The van der Waals surface area contributed by atoms with Crippen molar-refractivity contribution < 1.29 is 0 Å². The first-order valence-corrected chi connectivity index (χ1v) is 4.61. The van der Waals surface area contributed by atoms with E-state index in [9.17, 15) is 0 Å². The molecular weight excluding hydrogens is 182 g/mol. The van der Waals surface area contributed by atoms with E-state index < -0.39 is 0 Å². The van der Waals surface area contributed by atoms with Gasteiger partial charge in [0.15, 0.2) is 5.11 Å². The zero-order valence-electron chi connectivity index (χ0n) is 7.79. The summed E-state index contributed by atoms with van der Waals surface area (Å²) in [5, 5.41) is 6.60. The molecule has 0 saturated heterocycles. The molecule has 0 bridgehead atoms. The molecule has 0 aliphatic carbocycles. The Kier molecular flexibility index (Phi) is 3.64. The number of hydrogen-bond donors (Lipinski definition) is 2. The molecular formula is C9H13N3S. The van der Waals surface area contributed by atoms with E-state index in [1.807, 2.05) is 32.0 Å². The van der Waals surface area contributed by atoms with Crippen molar-refractivity contribution in [2.45, 2.75) is 13.8 Å². The zero-order valence-corrected chi connectivity index (χ0v) is 8.61. The van der Waals surface area contributed by atoms with Gasteiger partial charge in [0.25, 0.3) is 0 Å². The number of rotatable bonds is 2. The first-order chi connectivity index (χ1) is 6.22. The van der Waals surface area contributed by atoms with Crippen LogP contribution >= 0.6 is 12.2 Å². The lowest BCUT2D eigenvalue weighted by Crippen LogP contribution is -2.28. The maximum atomic E-state index is 5.02. The fourth-order valence-electron chi connectivity index (χ4n) is 0.934. The van der Waals surface area contributed by atoms with Crippen LogP contribution in [0.5, 0.6) is 0 Å². The molecule has 0 aliphatic rings. The summed E-state index contributed by atoms with van der Waals surface area (Å²) in [6.45, 7) is 4.76. The molecule has 0 fully saturated rings. The molecule has 0 spiro atoms. The SMILES string of the molecule is CCNC(=S)Nc1cccc(C)n1. The van der Waals surface area contributed by atoms with E-state index in [2.05, 4.69) is 15.6 Å². The molecule has 1 rings (SSSR count). The topological polar surface area (TPSA) is 37.0 Å². The fraction of sp³-hybridized carbons (Fsp3) is 0.333. The van der Waals surface area contributed by atoms with E-state index in [4.69, 9.17) is 12.2 Å². The molecule has 0 atom stereocenters. The molecule has 1 heterocycles. The number of thiocarbonyl (C=S) groups is 1. The van der Waals surface area contributed by atoms with E-state index >= 15 is 0 Å². The average Bonchev–Trinajstić information content (AvgIpc) is 2.04. The Balaban J connectivity index is 2.58. The Morgan fingerprint density at radius 2 is 2.31 bits per heavy atom. The maximum Gasteiger partial charge on any atom is 0.171 e. The van der Waals surface area contributed by atoms with E-state index in [0.29, 0.717) is 5.11 Å². The minimum Gasteiger partial charge on any atom is -0.363 e. The number of anilines is 1. The standard InChI is InChI=1S/C9H13N3S/c1-3-10-9(13)12-8-6-4-5-7(2)11-8/h4-6H,3H2,1-2H3,(H2,10,11,12,13). The van der Waals surface area contributed by atoms with Gasteiger partial charge in [0, 0.05) is 12.2 Å². The molecule has 0 saturated carbocycles. The largest absolute Gasteiger partial charge is 0.363 e. The van der Waals surface area contributed by atoms with Crippen molar-refractivity contribution in [3.05, 3.63) is 23.9 Å². The van der Waals surface area contributed by atoms with Gasteiger partial charge in [-0.2, -0.15) is 0 Å². The molecule has 13 heavy (non-hydrogen) atoms. The molecule has 70 valence electrons. The third-order valence-electron chi connectivity index (χ3n) is 1.47. The van der Waals surface area contributed by atoms with Crippen LogP contribution in [0.25, 0.3) is 0 Å². The minimum atomic E-state index is 0.612. The van der Waals surface area contributed by atoms with Crippen molar-refractivity contribution in [2.24, 2.45) is 0 Å². The summed E-state index contributed by atoms with van der Waals surface area (Å²) in [4.78, 5) is 4.26. The highest BCUT2D eigenvalue weighted by atomic mass is 32.1. The van der Waals surface area contributed by atoms with Crippen LogP contribution in [0, 0.1) is 6.92 Å². The van der Waals surface area contributed by atoms with Crippen LogP contribution in [0.2, 0.25) is 0 Å². The normalized spacial score (nSPS) is 9.38. The van der Waals surface area contributed by atoms with E-state index in [1.54, 1.807) is 0 Å². The maximum absolute atomic E-state index is 5.02. The summed E-state index contributed by atoms with van der Waals surface area (Å²) >= 11 is 5.02. The summed E-state index contributed by atoms with van der Waals surface area (Å²) in [5.41, 5.74) is 0.976. The predicted octanol–water partition coefficient (Wildman–Crippen LogP) is 1.70. The van der Waals surface area contributed by atoms with Crippen LogP contribution in [0.15, 0.2) is 18.2 Å². The van der Waals surface area contributed by atoms with Crippen molar-refractivity contribution in [3.8, 4) is 0 Å². The van der Waals surface area contributed by atoms with Crippen LogP contribution in [0.1, 0.15) is 12.6 Å². The van der Waals surface area contributed by atoms with Crippen molar-refractivity contribution in [2.75, 3.05) is 11.9 Å². The fourth-order valence-corrected chi connectivity index (χ4v) is 1.18. The van der Waals surface area contributed by atoms with Crippen LogP contribution < -0.4 is 10.6 Å². The molecule has 1 aromatic rings. The Morgan fingerprint density at radius 1 is 1.54 bits per heavy atom. The van der Waals surface area contributed by atoms with Gasteiger partial charge < -0.3 is 10.6 Å². The van der Waals surface area contributed by atoms with E-state index in [0.717, 1.165) is 18.1 Å². The number of nitrogens with one attached hydrogen (secondary N) is 2. The Labute approximate surface area is 83.6 Å². The molecule has 0 unspecified atom stereocenters. The molecule has 0 aliphatic heterocycles. The van der Waals surface area contributed by atoms with Gasteiger partial charge in [0.1, 0.15) is 5.82 Å². The van der Waals surface area contributed by atoms with Crippen LogP contribution in [0.3, 0.4) is 0 Å². The summed E-state index contributed by atoms with van der Waals surface area (Å²) < 4.78 is 0. The van der Waals surface area contributed by atoms with Crippen molar-refractivity contribution in [3.63, 3.8) is 0 Å². The molecule has 2 N–H and O–H groups in total. The molecule has 0 amide bonds. The van der Waals surface area contributed by atoms with Crippen molar-refractivity contribution in [1.82, 2.24) is 10.3 Å². The van der Waals surface area contributed by atoms with Gasteiger partial charge in [0.05, 0.1) is 0 Å². The quantitative estimate of drug-likeness (QED) is 0.704. The van der Waals surface area contributed by atoms with Gasteiger partial charge in [-0.1, -0.05) is 6.07 Å². The second kappa shape index (κ2) is 4.77. The molecule has 0 aromatic carbocycles. The van der Waals surface area contributed by atoms with Gasteiger partial charge in [-0.25, -0.2) is 4.98 Å². The Morgan fingerprint density at radius 3 is 2.92 bits per heavy atom. The van der Waals surface area contributed by atoms with Crippen LogP contribution in [-0.4, -0.2) is 16.6 Å². The highest BCUT2D eigenvalue weighted by molar-refractivity contribution is 7.80. The molecule has 1 aromatic heterocycles. The average molecular weight is 195 g/mol. The number of aryl methyl sites for hydroxylation is 1. The number of pyridine rings is 1. The summed E-state index contributed by atoms with van der Waals surface area (Å²) in [6.07, 6.45) is 0. The smallest absolute Gasteiger partial charge is 0.171 e. The highest BCUT2D eigenvalue weighted by Crippen LogP contribution is 2.02. The monoisotopic (exact) mass is 195 g/mol. The number of hydrogen-bond acceptors (Lipinski definition) is 2. The first-order valence-electron chi connectivity index (χ1n) is 4.21.